The monoisotopic (exact) mass is 238 g/mol. The third kappa shape index (κ3) is 2.55. The average Bonchev–Trinajstić information content (AvgIpc) is 2.04. The van der Waals surface area contributed by atoms with E-state index in [1.165, 1.54) is 0 Å². The van der Waals surface area contributed by atoms with Gasteiger partial charge < -0.3 is 5.73 Å². The van der Waals surface area contributed by atoms with Crippen LogP contribution in [0.5, 0.6) is 0 Å². The molecular weight excluding hydrogens is 228 g/mol. The Kier molecular flexibility index (Phi) is 3.47. The fraction of sp³-hybridized carbons (Fsp3) is 0.300. The maximum atomic E-state index is 8.50. The normalized spacial score (nSPS) is 12.2. The molecule has 0 fully saturated rings. The number of rotatable bonds is 2. The van der Waals surface area contributed by atoms with Crippen molar-refractivity contribution in [2.75, 3.05) is 0 Å². The highest BCUT2D eigenvalue weighted by molar-refractivity contribution is 9.10. The third-order valence-electron chi connectivity index (χ3n) is 1.94. The van der Waals surface area contributed by atoms with Gasteiger partial charge in [-0.2, -0.15) is 5.26 Å². The predicted molar refractivity (Wildman–Crippen MR) is 56.0 cm³/mol. The van der Waals surface area contributed by atoms with Crippen LogP contribution < -0.4 is 5.73 Å². The Bertz CT molecular complexity index is 341. The molecule has 0 bridgehead atoms. The highest BCUT2D eigenvalue weighted by Gasteiger charge is 2.07. The van der Waals surface area contributed by atoms with E-state index < -0.39 is 0 Å². The minimum absolute atomic E-state index is 0.168. The lowest BCUT2D eigenvalue weighted by atomic mass is 10.0. The Balaban J connectivity index is 2.96. The molecule has 0 aliphatic heterocycles. The molecule has 0 radical (unpaired) electrons. The standard InChI is InChI=1S/C10H11BrN2/c1-7-6-8(11)2-3-9(7)10(13)4-5-12/h2-3,6,10H,4,13H2,1H3/t10-/m0/s1. The molecule has 68 valence electrons. The zero-order valence-electron chi connectivity index (χ0n) is 7.42. The third-order valence-corrected chi connectivity index (χ3v) is 2.44. The Morgan fingerprint density at radius 1 is 1.62 bits per heavy atom. The first-order chi connectivity index (χ1) is 6.15. The van der Waals surface area contributed by atoms with Gasteiger partial charge in [0, 0.05) is 10.5 Å². The number of nitrogens with two attached hydrogens (primary N) is 1. The second-order valence-electron chi connectivity index (χ2n) is 2.97. The Morgan fingerprint density at radius 3 is 2.85 bits per heavy atom. The first-order valence-electron chi connectivity index (χ1n) is 4.03. The molecule has 13 heavy (non-hydrogen) atoms. The van der Waals surface area contributed by atoms with Crippen molar-refractivity contribution in [3.05, 3.63) is 33.8 Å². The number of hydrogen-bond donors (Lipinski definition) is 1. The number of nitrogens with zero attached hydrogens (tertiary/aromatic N) is 1. The highest BCUT2D eigenvalue weighted by Crippen LogP contribution is 2.21. The second kappa shape index (κ2) is 4.40. The average molecular weight is 239 g/mol. The van der Waals surface area contributed by atoms with Crippen molar-refractivity contribution in [2.45, 2.75) is 19.4 Å². The summed E-state index contributed by atoms with van der Waals surface area (Å²) in [5.74, 6) is 0. The summed E-state index contributed by atoms with van der Waals surface area (Å²) in [5, 5.41) is 8.50. The Hall–Kier alpha value is -0.850. The summed E-state index contributed by atoms with van der Waals surface area (Å²) in [6.45, 7) is 2.00. The van der Waals surface area contributed by atoms with Crippen LogP contribution in [0.25, 0.3) is 0 Å². The van der Waals surface area contributed by atoms with E-state index >= 15 is 0 Å². The summed E-state index contributed by atoms with van der Waals surface area (Å²) in [5.41, 5.74) is 7.99. The van der Waals surface area contributed by atoms with Crippen LogP contribution in [0.3, 0.4) is 0 Å². The number of halogens is 1. The molecule has 1 atom stereocenters. The largest absolute Gasteiger partial charge is 0.323 e. The van der Waals surface area contributed by atoms with Crippen LogP contribution in [-0.4, -0.2) is 0 Å². The summed E-state index contributed by atoms with van der Waals surface area (Å²) >= 11 is 3.38. The molecule has 0 aliphatic rings. The SMILES string of the molecule is Cc1cc(Br)ccc1[C@@H](N)CC#N. The van der Waals surface area contributed by atoms with Crippen molar-refractivity contribution in [3.63, 3.8) is 0 Å². The summed E-state index contributed by atoms with van der Waals surface area (Å²) in [7, 11) is 0. The van der Waals surface area contributed by atoms with Crippen LogP contribution in [0.15, 0.2) is 22.7 Å². The van der Waals surface area contributed by atoms with Gasteiger partial charge in [-0.05, 0) is 30.2 Å². The quantitative estimate of drug-likeness (QED) is 0.862. The van der Waals surface area contributed by atoms with Crippen LogP contribution in [0.4, 0.5) is 0 Å². The summed E-state index contributed by atoms with van der Waals surface area (Å²) in [6, 6.07) is 7.81. The van der Waals surface area contributed by atoms with E-state index in [0.717, 1.165) is 15.6 Å². The molecule has 0 aliphatic carbocycles. The molecule has 0 aromatic heterocycles. The van der Waals surface area contributed by atoms with Gasteiger partial charge in [-0.15, -0.1) is 0 Å². The van der Waals surface area contributed by atoms with E-state index in [0.29, 0.717) is 6.42 Å². The van der Waals surface area contributed by atoms with Gasteiger partial charge in [-0.25, -0.2) is 0 Å². The topological polar surface area (TPSA) is 49.8 Å². The molecule has 2 N–H and O–H groups in total. The van der Waals surface area contributed by atoms with Crippen molar-refractivity contribution in [2.24, 2.45) is 5.73 Å². The number of benzene rings is 1. The van der Waals surface area contributed by atoms with Gasteiger partial charge in [-0.3, -0.25) is 0 Å². The molecular formula is C10H11BrN2. The van der Waals surface area contributed by atoms with Crippen molar-refractivity contribution in [1.82, 2.24) is 0 Å². The zero-order valence-corrected chi connectivity index (χ0v) is 9.01. The Morgan fingerprint density at radius 2 is 2.31 bits per heavy atom. The van der Waals surface area contributed by atoms with E-state index in [1.54, 1.807) is 0 Å². The molecule has 0 saturated heterocycles. The molecule has 0 amide bonds. The van der Waals surface area contributed by atoms with Gasteiger partial charge in [0.1, 0.15) is 0 Å². The molecule has 1 aromatic rings. The lowest BCUT2D eigenvalue weighted by Crippen LogP contribution is -2.10. The van der Waals surface area contributed by atoms with E-state index in [-0.39, 0.29) is 6.04 Å². The highest BCUT2D eigenvalue weighted by atomic mass is 79.9. The number of nitriles is 1. The fourth-order valence-corrected chi connectivity index (χ4v) is 1.74. The van der Waals surface area contributed by atoms with Gasteiger partial charge >= 0.3 is 0 Å². The maximum absolute atomic E-state index is 8.50. The molecule has 0 saturated carbocycles. The molecule has 0 heterocycles. The summed E-state index contributed by atoms with van der Waals surface area (Å²) in [4.78, 5) is 0. The van der Waals surface area contributed by atoms with E-state index in [9.17, 15) is 0 Å². The summed E-state index contributed by atoms with van der Waals surface area (Å²) < 4.78 is 1.04. The minimum Gasteiger partial charge on any atom is -0.323 e. The van der Waals surface area contributed by atoms with Crippen molar-refractivity contribution in [1.29, 1.82) is 5.26 Å². The molecule has 3 heteroatoms. The predicted octanol–water partition coefficient (Wildman–Crippen LogP) is 2.67. The van der Waals surface area contributed by atoms with Crippen molar-refractivity contribution < 1.29 is 0 Å². The van der Waals surface area contributed by atoms with Gasteiger partial charge in [0.2, 0.25) is 0 Å². The van der Waals surface area contributed by atoms with Crippen LogP contribution in [0.2, 0.25) is 0 Å². The van der Waals surface area contributed by atoms with Crippen LogP contribution in [-0.2, 0) is 0 Å². The van der Waals surface area contributed by atoms with Crippen LogP contribution >= 0.6 is 15.9 Å². The van der Waals surface area contributed by atoms with Gasteiger partial charge in [0.25, 0.3) is 0 Å². The number of aryl methyl sites for hydroxylation is 1. The molecule has 2 nitrogen and oxygen atoms in total. The Labute approximate surface area is 86.5 Å². The molecule has 0 spiro atoms. The van der Waals surface area contributed by atoms with Crippen molar-refractivity contribution >= 4 is 15.9 Å². The lowest BCUT2D eigenvalue weighted by Gasteiger charge is -2.11. The fourth-order valence-electron chi connectivity index (χ4n) is 1.26. The summed E-state index contributed by atoms with van der Waals surface area (Å²) in [6.07, 6.45) is 0.364. The van der Waals surface area contributed by atoms with Crippen LogP contribution in [0.1, 0.15) is 23.6 Å². The molecule has 1 rings (SSSR count). The first kappa shape index (κ1) is 10.2. The minimum atomic E-state index is -0.168. The molecule has 0 unspecified atom stereocenters. The second-order valence-corrected chi connectivity index (χ2v) is 3.89. The van der Waals surface area contributed by atoms with E-state index in [2.05, 4.69) is 22.0 Å². The van der Waals surface area contributed by atoms with Gasteiger partial charge in [0.05, 0.1) is 12.5 Å². The zero-order chi connectivity index (χ0) is 9.84. The number of hydrogen-bond acceptors (Lipinski definition) is 2. The first-order valence-corrected chi connectivity index (χ1v) is 4.83. The maximum Gasteiger partial charge on any atom is 0.0641 e. The van der Waals surface area contributed by atoms with Crippen LogP contribution in [0, 0.1) is 18.3 Å². The van der Waals surface area contributed by atoms with Crippen molar-refractivity contribution in [3.8, 4) is 6.07 Å². The lowest BCUT2D eigenvalue weighted by molar-refractivity contribution is 0.742. The van der Waals surface area contributed by atoms with Gasteiger partial charge in [-0.1, -0.05) is 22.0 Å². The van der Waals surface area contributed by atoms with E-state index in [1.807, 2.05) is 25.1 Å². The molecule has 1 aromatic carbocycles. The smallest absolute Gasteiger partial charge is 0.0641 e. The van der Waals surface area contributed by atoms with E-state index in [4.69, 9.17) is 11.0 Å². The van der Waals surface area contributed by atoms with Gasteiger partial charge in [0.15, 0.2) is 0 Å².